The summed E-state index contributed by atoms with van der Waals surface area (Å²) in [6, 6.07) is 12.4. The average molecular weight is 365 g/mol. The maximum atomic E-state index is 12.3. The quantitative estimate of drug-likeness (QED) is 0.491. The summed E-state index contributed by atoms with van der Waals surface area (Å²) in [5.41, 5.74) is 2.52. The maximum absolute atomic E-state index is 12.3. The van der Waals surface area contributed by atoms with Gasteiger partial charge in [0.2, 0.25) is 5.78 Å². The van der Waals surface area contributed by atoms with Crippen LogP contribution in [0.15, 0.2) is 47.3 Å². The molecule has 0 spiro atoms. The number of ether oxygens (including phenoxy) is 1. The molecule has 0 amide bonds. The molecule has 0 bridgehead atoms. The van der Waals surface area contributed by atoms with Gasteiger partial charge in [-0.05, 0) is 37.6 Å². The minimum atomic E-state index is -0.574. The fourth-order valence-corrected chi connectivity index (χ4v) is 2.70. The Morgan fingerprint density at radius 2 is 1.89 bits per heavy atom. The van der Waals surface area contributed by atoms with Crippen LogP contribution in [0.4, 0.5) is 0 Å². The third-order valence-corrected chi connectivity index (χ3v) is 4.21. The van der Waals surface area contributed by atoms with Gasteiger partial charge in [0.25, 0.3) is 5.56 Å². The van der Waals surface area contributed by atoms with Crippen molar-refractivity contribution in [2.75, 3.05) is 6.61 Å². The number of carbonyl (C=O) groups is 2. The molecule has 0 N–H and O–H groups in total. The standard InChI is InChI=1S/C20H19N3O4/c1-13-7-8-14(2)16(11-13)18(24)12-27-19(25)9-10-23-20(26)15-5-3-4-6-17(15)21-22-23/h3-8,11H,9-10,12H2,1-2H3. The fourth-order valence-electron chi connectivity index (χ4n) is 2.70. The zero-order chi connectivity index (χ0) is 19.4. The Morgan fingerprint density at radius 3 is 2.70 bits per heavy atom. The number of fused-ring (bicyclic) bond motifs is 1. The molecule has 1 heterocycles. The number of Topliss-reactive ketones (excluding diaryl/α,β-unsaturated/α-hetero) is 1. The topological polar surface area (TPSA) is 91.2 Å². The van der Waals surface area contributed by atoms with Crippen molar-refractivity contribution < 1.29 is 14.3 Å². The lowest BCUT2D eigenvalue weighted by Gasteiger charge is -2.08. The highest BCUT2D eigenvalue weighted by atomic mass is 16.5. The van der Waals surface area contributed by atoms with Crippen LogP contribution in [0.2, 0.25) is 0 Å². The molecule has 0 radical (unpaired) electrons. The van der Waals surface area contributed by atoms with Crippen molar-refractivity contribution in [2.24, 2.45) is 0 Å². The van der Waals surface area contributed by atoms with Crippen LogP contribution in [0, 0.1) is 13.8 Å². The average Bonchev–Trinajstić information content (AvgIpc) is 2.67. The molecule has 0 aliphatic carbocycles. The van der Waals surface area contributed by atoms with Gasteiger partial charge in [-0.2, -0.15) is 0 Å². The molecule has 3 aromatic rings. The Hall–Kier alpha value is -3.35. The van der Waals surface area contributed by atoms with Crippen molar-refractivity contribution in [3.8, 4) is 0 Å². The summed E-state index contributed by atoms with van der Waals surface area (Å²) < 4.78 is 6.17. The minimum Gasteiger partial charge on any atom is -0.457 e. The van der Waals surface area contributed by atoms with Crippen molar-refractivity contribution in [2.45, 2.75) is 26.8 Å². The van der Waals surface area contributed by atoms with E-state index in [0.717, 1.165) is 15.8 Å². The molecule has 0 aliphatic rings. The van der Waals surface area contributed by atoms with E-state index in [1.165, 1.54) is 0 Å². The van der Waals surface area contributed by atoms with E-state index >= 15 is 0 Å². The molecule has 7 nitrogen and oxygen atoms in total. The second kappa shape index (κ2) is 7.90. The Labute approximate surface area is 155 Å². The number of benzene rings is 2. The monoisotopic (exact) mass is 365 g/mol. The van der Waals surface area contributed by atoms with E-state index in [1.54, 1.807) is 30.3 Å². The van der Waals surface area contributed by atoms with Crippen LogP contribution in [-0.4, -0.2) is 33.4 Å². The van der Waals surface area contributed by atoms with Gasteiger partial charge in [-0.25, -0.2) is 4.68 Å². The molecule has 7 heteroatoms. The first-order chi connectivity index (χ1) is 13.0. The number of esters is 1. The molecule has 1 aromatic heterocycles. The van der Waals surface area contributed by atoms with E-state index in [4.69, 9.17) is 4.74 Å². The van der Waals surface area contributed by atoms with E-state index in [1.807, 2.05) is 26.0 Å². The van der Waals surface area contributed by atoms with Crippen LogP contribution < -0.4 is 5.56 Å². The van der Waals surface area contributed by atoms with Gasteiger partial charge >= 0.3 is 5.97 Å². The number of carbonyl (C=O) groups excluding carboxylic acids is 2. The predicted molar refractivity (Wildman–Crippen MR) is 99.6 cm³/mol. The second-order valence-electron chi connectivity index (χ2n) is 6.29. The molecule has 2 aromatic carbocycles. The van der Waals surface area contributed by atoms with E-state index < -0.39 is 5.97 Å². The maximum Gasteiger partial charge on any atom is 0.308 e. The van der Waals surface area contributed by atoms with E-state index in [0.29, 0.717) is 16.5 Å². The van der Waals surface area contributed by atoms with Crippen molar-refractivity contribution in [1.82, 2.24) is 15.0 Å². The van der Waals surface area contributed by atoms with Gasteiger partial charge in [-0.15, -0.1) is 5.10 Å². The molecule has 0 atom stereocenters. The molecule has 0 saturated carbocycles. The minimum absolute atomic E-state index is 0.0349. The van der Waals surface area contributed by atoms with Crippen LogP contribution in [0.5, 0.6) is 0 Å². The van der Waals surface area contributed by atoms with Crippen molar-refractivity contribution in [1.29, 1.82) is 0 Å². The first kappa shape index (κ1) is 18.4. The number of ketones is 1. The zero-order valence-corrected chi connectivity index (χ0v) is 15.1. The van der Waals surface area contributed by atoms with Crippen molar-refractivity contribution >= 4 is 22.7 Å². The third-order valence-electron chi connectivity index (χ3n) is 4.21. The Morgan fingerprint density at radius 1 is 1.11 bits per heavy atom. The van der Waals surface area contributed by atoms with Crippen LogP contribution >= 0.6 is 0 Å². The number of aryl methyl sites for hydroxylation is 3. The van der Waals surface area contributed by atoms with Gasteiger partial charge in [0, 0.05) is 5.56 Å². The van der Waals surface area contributed by atoms with Gasteiger partial charge in [0.15, 0.2) is 6.61 Å². The lowest BCUT2D eigenvalue weighted by molar-refractivity contribution is -0.142. The van der Waals surface area contributed by atoms with Gasteiger partial charge < -0.3 is 4.74 Å². The van der Waals surface area contributed by atoms with Gasteiger partial charge in [-0.3, -0.25) is 14.4 Å². The van der Waals surface area contributed by atoms with Crippen LogP contribution in [0.25, 0.3) is 10.9 Å². The highest BCUT2D eigenvalue weighted by Crippen LogP contribution is 2.11. The second-order valence-corrected chi connectivity index (χ2v) is 6.29. The lowest BCUT2D eigenvalue weighted by atomic mass is 10.0. The summed E-state index contributed by atoms with van der Waals surface area (Å²) in [7, 11) is 0. The van der Waals surface area contributed by atoms with Gasteiger partial charge in [0.05, 0.1) is 18.4 Å². The summed E-state index contributed by atoms with van der Waals surface area (Å²) in [4.78, 5) is 36.5. The summed E-state index contributed by atoms with van der Waals surface area (Å²) in [6.07, 6.45) is -0.0764. The highest BCUT2D eigenvalue weighted by Gasteiger charge is 2.13. The SMILES string of the molecule is Cc1ccc(C)c(C(=O)COC(=O)CCn2nnc3ccccc3c2=O)c1. The lowest BCUT2D eigenvalue weighted by Crippen LogP contribution is -2.26. The fraction of sp³-hybridized carbons (Fsp3) is 0.250. The van der Waals surface area contributed by atoms with E-state index in [-0.39, 0.29) is 30.9 Å². The predicted octanol–water partition coefficient (Wildman–Crippen LogP) is 2.22. The molecular weight excluding hydrogens is 346 g/mol. The molecular formula is C20H19N3O4. The largest absolute Gasteiger partial charge is 0.457 e. The van der Waals surface area contributed by atoms with Crippen molar-refractivity contribution in [3.63, 3.8) is 0 Å². The molecule has 0 saturated heterocycles. The summed E-state index contributed by atoms with van der Waals surface area (Å²) >= 11 is 0. The Bertz CT molecular complexity index is 1070. The molecule has 138 valence electrons. The van der Waals surface area contributed by atoms with Crippen LogP contribution in [-0.2, 0) is 16.1 Å². The van der Waals surface area contributed by atoms with Crippen molar-refractivity contribution in [3.05, 3.63) is 69.5 Å². The molecule has 0 fully saturated rings. The van der Waals surface area contributed by atoms with Gasteiger partial charge in [0.1, 0.15) is 5.52 Å². The smallest absolute Gasteiger partial charge is 0.308 e. The number of nitrogens with zero attached hydrogens (tertiary/aromatic N) is 3. The van der Waals surface area contributed by atoms with E-state index in [2.05, 4.69) is 10.3 Å². The zero-order valence-electron chi connectivity index (χ0n) is 15.1. The molecule has 0 aliphatic heterocycles. The molecule has 0 unspecified atom stereocenters. The number of aromatic nitrogens is 3. The third kappa shape index (κ3) is 4.25. The molecule has 3 rings (SSSR count). The van der Waals surface area contributed by atoms with Gasteiger partial charge in [-0.1, -0.05) is 35.0 Å². The number of hydrogen-bond donors (Lipinski definition) is 0. The summed E-state index contributed by atoms with van der Waals surface area (Å²) in [5.74, 6) is -0.831. The summed E-state index contributed by atoms with van der Waals surface area (Å²) in [5, 5.41) is 8.22. The van der Waals surface area contributed by atoms with Crippen LogP contribution in [0.1, 0.15) is 27.9 Å². The first-order valence-electron chi connectivity index (χ1n) is 8.54. The van der Waals surface area contributed by atoms with E-state index in [9.17, 15) is 14.4 Å². The molecule has 27 heavy (non-hydrogen) atoms. The van der Waals surface area contributed by atoms with Crippen LogP contribution in [0.3, 0.4) is 0 Å². The highest BCUT2D eigenvalue weighted by molar-refractivity contribution is 5.99. The Balaban J connectivity index is 1.59. The Kier molecular flexibility index (Phi) is 5.40. The first-order valence-corrected chi connectivity index (χ1v) is 8.54. The number of hydrogen-bond acceptors (Lipinski definition) is 6. The number of rotatable bonds is 6. The summed E-state index contributed by atoms with van der Waals surface area (Å²) in [6.45, 7) is 3.43. The normalized spacial score (nSPS) is 10.7.